The van der Waals surface area contributed by atoms with Crippen molar-refractivity contribution in [3.8, 4) is 0 Å². The Bertz CT molecular complexity index is 939. The van der Waals surface area contributed by atoms with Gasteiger partial charge in [0.05, 0.1) is 17.3 Å². The summed E-state index contributed by atoms with van der Waals surface area (Å²) >= 11 is 0. The average Bonchev–Trinajstić information content (AvgIpc) is 3.26. The van der Waals surface area contributed by atoms with Crippen molar-refractivity contribution >= 4 is 5.97 Å². The molecule has 0 amide bonds. The fourth-order valence-corrected chi connectivity index (χ4v) is 9.75. The minimum absolute atomic E-state index is 0.105. The monoisotopic (exact) mass is 378 g/mol. The molecule has 2 spiro atoms. The molecule has 0 radical (unpaired) electrons. The first-order chi connectivity index (χ1) is 13.2. The van der Waals surface area contributed by atoms with Gasteiger partial charge < -0.3 is 9.47 Å². The van der Waals surface area contributed by atoms with Gasteiger partial charge in [0.1, 0.15) is 11.2 Å². The molecule has 0 aromatic heterocycles. The van der Waals surface area contributed by atoms with E-state index in [1.54, 1.807) is 6.26 Å². The van der Waals surface area contributed by atoms with Crippen LogP contribution in [-0.4, -0.2) is 17.2 Å². The zero-order chi connectivity index (χ0) is 19.4. The second-order valence-electron chi connectivity index (χ2n) is 11.6. The maximum Gasteiger partial charge on any atom is 0.338 e. The smallest absolute Gasteiger partial charge is 0.338 e. The van der Waals surface area contributed by atoms with Crippen molar-refractivity contribution in [2.75, 3.05) is 0 Å². The molecule has 2 heterocycles. The topological polar surface area (TPSA) is 35.5 Å². The highest BCUT2D eigenvalue weighted by Gasteiger charge is 2.86. The first-order valence-corrected chi connectivity index (χ1v) is 11.2. The molecule has 9 atom stereocenters. The lowest BCUT2D eigenvalue weighted by molar-refractivity contribution is -0.214. The van der Waals surface area contributed by atoms with E-state index in [1.807, 2.05) is 0 Å². The highest BCUT2D eigenvalue weighted by molar-refractivity contribution is 5.94. The van der Waals surface area contributed by atoms with Gasteiger partial charge in [-0.25, -0.2) is 4.79 Å². The Labute approximate surface area is 167 Å². The average molecular weight is 379 g/mol. The van der Waals surface area contributed by atoms with Gasteiger partial charge in [-0.1, -0.05) is 30.7 Å². The van der Waals surface area contributed by atoms with Crippen molar-refractivity contribution in [2.24, 2.45) is 46.3 Å². The summed E-state index contributed by atoms with van der Waals surface area (Å²) in [5.74, 6) is 2.90. The van der Waals surface area contributed by atoms with Crippen LogP contribution in [0.3, 0.4) is 0 Å². The lowest BCUT2D eigenvalue weighted by Gasteiger charge is -2.63. The third kappa shape index (κ3) is 1.29. The number of rotatable bonds is 0. The number of esters is 1. The van der Waals surface area contributed by atoms with E-state index in [0.29, 0.717) is 29.6 Å². The Morgan fingerprint density at radius 3 is 2.71 bits per heavy atom. The van der Waals surface area contributed by atoms with E-state index in [2.05, 4.69) is 40.3 Å². The van der Waals surface area contributed by atoms with Crippen LogP contribution in [-0.2, 0) is 14.3 Å². The van der Waals surface area contributed by atoms with Crippen LogP contribution in [0.25, 0.3) is 0 Å². The Balaban J connectivity index is 1.57. The third-order valence-corrected chi connectivity index (χ3v) is 10.8. The standard InChI is InChI=1S/C25H30O3/c1-12-6-7-19-23(5)16-8-14(16)13(2)17(23)10-24-18-11-27-22(3,4)20(24)9-15(12)25(19,24)28-21(18)26/h6,11,14-17,19-20H,2,7-10H2,1,3-5H3/t14-,15+,16-,17+,19+,20+,23+,24-,25-/m1/s1. The highest BCUT2D eigenvalue weighted by Crippen LogP contribution is 2.85. The van der Waals surface area contributed by atoms with Crippen LogP contribution >= 0.6 is 0 Å². The Morgan fingerprint density at radius 2 is 1.93 bits per heavy atom. The molecule has 28 heavy (non-hydrogen) atoms. The fourth-order valence-electron chi connectivity index (χ4n) is 9.75. The number of ether oxygens (including phenoxy) is 2. The number of hydrogen-bond donors (Lipinski definition) is 0. The summed E-state index contributed by atoms with van der Waals surface area (Å²) in [5.41, 5.74) is 3.11. The van der Waals surface area contributed by atoms with Gasteiger partial charge in [0.15, 0.2) is 0 Å². The molecule has 7 rings (SSSR count). The van der Waals surface area contributed by atoms with Crippen LogP contribution in [0.4, 0.5) is 0 Å². The van der Waals surface area contributed by atoms with Gasteiger partial charge >= 0.3 is 5.97 Å². The maximum atomic E-state index is 13.3. The molecule has 148 valence electrons. The molecule has 0 unspecified atom stereocenters. The van der Waals surface area contributed by atoms with E-state index in [1.165, 1.54) is 17.6 Å². The lowest BCUT2D eigenvalue weighted by Crippen LogP contribution is -2.67. The number of allylic oxidation sites excluding steroid dienone is 2. The molecule has 0 N–H and O–H groups in total. The van der Waals surface area contributed by atoms with Crippen LogP contribution in [0.15, 0.2) is 35.6 Å². The zero-order valence-electron chi connectivity index (χ0n) is 17.4. The van der Waals surface area contributed by atoms with E-state index in [0.717, 1.165) is 30.8 Å². The molecule has 0 bridgehead atoms. The fraction of sp³-hybridized carbons (Fsp3) is 0.720. The highest BCUT2D eigenvalue weighted by atomic mass is 16.6. The number of fused-ring (bicyclic) bond motifs is 4. The number of carbonyl (C=O) groups is 1. The molecular formula is C25H30O3. The van der Waals surface area contributed by atoms with Gasteiger partial charge in [0, 0.05) is 17.8 Å². The van der Waals surface area contributed by atoms with Gasteiger partial charge in [-0.15, -0.1) is 0 Å². The molecule has 1 saturated heterocycles. The molecule has 3 heteroatoms. The normalized spacial score (nSPS) is 58.6. The van der Waals surface area contributed by atoms with Crippen molar-refractivity contribution in [2.45, 2.75) is 64.6 Å². The SMILES string of the molecule is C=C1[C@H]2C[C@H]2[C@@]2(C)[C@H]1C[C@@]13C4=COC(C)(C)[C@@H]1C[C@H]1C(C)=CC[C@@H]2[C@]13OC4=O. The van der Waals surface area contributed by atoms with Gasteiger partial charge in [0.25, 0.3) is 0 Å². The molecule has 2 aliphatic heterocycles. The van der Waals surface area contributed by atoms with Gasteiger partial charge in [-0.2, -0.15) is 0 Å². The van der Waals surface area contributed by atoms with Crippen LogP contribution in [0, 0.1) is 46.3 Å². The van der Waals surface area contributed by atoms with Crippen molar-refractivity contribution < 1.29 is 14.3 Å². The molecule has 7 aliphatic rings. The quantitative estimate of drug-likeness (QED) is 0.449. The van der Waals surface area contributed by atoms with Crippen LogP contribution in [0.2, 0.25) is 0 Å². The predicted octanol–water partition coefficient (Wildman–Crippen LogP) is 4.80. The number of carbonyl (C=O) groups excluding carboxylic acids is 1. The Morgan fingerprint density at radius 1 is 1.14 bits per heavy atom. The van der Waals surface area contributed by atoms with Crippen LogP contribution < -0.4 is 0 Å². The maximum absolute atomic E-state index is 13.3. The summed E-state index contributed by atoms with van der Waals surface area (Å²) in [7, 11) is 0. The van der Waals surface area contributed by atoms with Crippen molar-refractivity contribution in [3.05, 3.63) is 35.6 Å². The summed E-state index contributed by atoms with van der Waals surface area (Å²) in [6.07, 6.45) is 8.71. The van der Waals surface area contributed by atoms with Crippen molar-refractivity contribution in [3.63, 3.8) is 0 Å². The Hall–Kier alpha value is -1.51. The summed E-state index contributed by atoms with van der Waals surface area (Å²) in [6.45, 7) is 13.8. The summed E-state index contributed by atoms with van der Waals surface area (Å²) in [6, 6.07) is 0. The van der Waals surface area contributed by atoms with E-state index >= 15 is 0 Å². The molecule has 0 aromatic carbocycles. The van der Waals surface area contributed by atoms with Crippen molar-refractivity contribution in [1.29, 1.82) is 0 Å². The van der Waals surface area contributed by atoms with E-state index in [4.69, 9.17) is 9.47 Å². The minimum atomic E-state index is -0.372. The molecule has 3 nitrogen and oxygen atoms in total. The minimum Gasteiger partial charge on any atom is -0.495 e. The van der Waals surface area contributed by atoms with Crippen LogP contribution in [0.5, 0.6) is 0 Å². The molecular weight excluding hydrogens is 348 g/mol. The largest absolute Gasteiger partial charge is 0.495 e. The molecule has 5 aliphatic carbocycles. The lowest BCUT2D eigenvalue weighted by atomic mass is 9.41. The van der Waals surface area contributed by atoms with Crippen molar-refractivity contribution in [1.82, 2.24) is 0 Å². The second kappa shape index (κ2) is 4.18. The van der Waals surface area contributed by atoms with E-state index < -0.39 is 0 Å². The van der Waals surface area contributed by atoms with Gasteiger partial charge in [-0.05, 0) is 69.6 Å². The predicted molar refractivity (Wildman–Crippen MR) is 105 cm³/mol. The summed E-state index contributed by atoms with van der Waals surface area (Å²) < 4.78 is 12.8. The van der Waals surface area contributed by atoms with E-state index in [9.17, 15) is 4.79 Å². The molecule has 5 fully saturated rings. The van der Waals surface area contributed by atoms with Crippen LogP contribution in [0.1, 0.15) is 53.4 Å². The molecule has 0 aromatic rings. The Kier molecular flexibility index (Phi) is 2.43. The van der Waals surface area contributed by atoms with Gasteiger partial charge in [-0.3, -0.25) is 0 Å². The number of hydrogen-bond acceptors (Lipinski definition) is 3. The first-order valence-electron chi connectivity index (χ1n) is 11.2. The summed E-state index contributed by atoms with van der Waals surface area (Å²) in [4.78, 5) is 13.3. The summed E-state index contributed by atoms with van der Waals surface area (Å²) in [5, 5.41) is 0. The second-order valence-corrected chi connectivity index (χ2v) is 11.6. The van der Waals surface area contributed by atoms with E-state index in [-0.39, 0.29) is 28.0 Å². The first kappa shape index (κ1) is 16.3. The zero-order valence-corrected chi connectivity index (χ0v) is 17.4. The third-order valence-electron chi connectivity index (χ3n) is 10.8. The molecule has 4 saturated carbocycles. The van der Waals surface area contributed by atoms with Gasteiger partial charge in [0.2, 0.25) is 0 Å².